The van der Waals surface area contributed by atoms with Crippen LogP contribution in [0.3, 0.4) is 0 Å². The molecule has 0 aliphatic rings. The third-order valence-corrected chi connectivity index (χ3v) is 3.91. The van der Waals surface area contributed by atoms with Gasteiger partial charge in [-0.3, -0.25) is 4.79 Å². The maximum absolute atomic E-state index is 12.4. The van der Waals surface area contributed by atoms with E-state index >= 15 is 0 Å². The molecule has 0 amide bonds. The Morgan fingerprint density at radius 2 is 1.62 bits per heavy atom. The van der Waals surface area contributed by atoms with Crippen molar-refractivity contribution in [1.82, 2.24) is 0 Å². The van der Waals surface area contributed by atoms with Gasteiger partial charge in [-0.05, 0) is 40.6 Å². The lowest BCUT2D eigenvalue weighted by molar-refractivity contribution is 0.104. The number of allylic oxidation sites excluding steroid dienone is 1. The molecule has 0 spiro atoms. The summed E-state index contributed by atoms with van der Waals surface area (Å²) in [7, 11) is 3.12. The Morgan fingerprint density at radius 3 is 2.42 bits per heavy atom. The Morgan fingerprint density at radius 1 is 0.875 bits per heavy atom. The molecular weight excluding hydrogens is 300 g/mol. The zero-order chi connectivity index (χ0) is 16.9. The van der Waals surface area contributed by atoms with E-state index in [-0.39, 0.29) is 5.78 Å². The number of methoxy groups -OCH3 is 2. The average Bonchev–Trinajstić information content (AvgIpc) is 2.65. The van der Waals surface area contributed by atoms with Crippen molar-refractivity contribution in [3.8, 4) is 11.5 Å². The van der Waals surface area contributed by atoms with Gasteiger partial charge in [0.25, 0.3) is 0 Å². The first-order valence-electron chi connectivity index (χ1n) is 7.65. The molecule has 3 aromatic rings. The van der Waals surface area contributed by atoms with Crippen LogP contribution < -0.4 is 9.47 Å². The van der Waals surface area contributed by atoms with Gasteiger partial charge in [0.1, 0.15) is 0 Å². The first-order chi connectivity index (χ1) is 11.7. The highest BCUT2D eigenvalue weighted by atomic mass is 16.5. The van der Waals surface area contributed by atoms with Gasteiger partial charge in [-0.25, -0.2) is 0 Å². The fraction of sp³-hybridized carbons (Fsp3) is 0.0952. The van der Waals surface area contributed by atoms with E-state index in [9.17, 15) is 4.79 Å². The van der Waals surface area contributed by atoms with Crippen LogP contribution >= 0.6 is 0 Å². The highest BCUT2D eigenvalue weighted by Crippen LogP contribution is 2.28. The van der Waals surface area contributed by atoms with Gasteiger partial charge in [0.2, 0.25) is 0 Å². The van der Waals surface area contributed by atoms with Crippen molar-refractivity contribution in [1.29, 1.82) is 0 Å². The summed E-state index contributed by atoms with van der Waals surface area (Å²) in [6, 6.07) is 19.3. The maximum Gasteiger partial charge on any atom is 0.185 e. The molecule has 3 rings (SSSR count). The molecule has 0 aliphatic carbocycles. The minimum atomic E-state index is -0.0797. The number of hydrogen-bond donors (Lipinski definition) is 0. The lowest BCUT2D eigenvalue weighted by Gasteiger charge is -2.08. The lowest BCUT2D eigenvalue weighted by Crippen LogP contribution is -1.97. The largest absolute Gasteiger partial charge is 0.493 e. The summed E-state index contributed by atoms with van der Waals surface area (Å²) in [5.74, 6) is 1.07. The van der Waals surface area contributed by atoms with Gasteiger partial charge >= 0.3 is 0 Å². The smallest absolute Gasteiger partial charge is 0.185 e. The molecule has 0 saturated carbocycles. The lowest BCUT2D eigenvalue weighted by atomic mass is 10.0. The zero-order valence-corrected chi connectivity index (χ0v) is 13.7. The van der Waals surface area contributed by atoms with Crippen LogP contribution in [-0.4, -0.2) is 20.0 Å². The van der Waals surface area contributed by atoms with Crippen molar-refractivity contribution in [3.63, 3.8) is 0 Å². The number of rotatable bonds is 5. The van der Waals surface area contributed by atoms with E-state index < -0.39 is 0 Å². The zero-order valence-electron chi connectivity index (χ0n) is 13.7. The Hall–Kier alpha value is -3.07. The molecule has 24 heavy (non-hydrogen) atoms. The molecule has 3 nitrogen and oxygen atoms in total. The van der Waals surface area contributed by atoms with Crippen molar-refractivity contribution in [3.05, 3.63) is 77.9 Å². The summed E-state index contributed by atoms with van der Waals surface area (Å²) in [5, 5.41) is 2.27. The molecule has 0 N–H and O–H groups in total. The molecule has 0 bridgehead atoms. The summed E-state index contributed by atoms with van der Waals surface area (Å²) >= 11 is 0. The molecule has 0 aromatic heterocycles. The standard InChI is InChI=1S/C21H18O3/c1-23-20-13-11-17(14-21(20)24-2)19(22)12-10-16-8-5-7-15-6-3-4-9-18(15)16/h3-14H,1-2H3/b12-10+. The van der Waals surface area contributed by atoms with Gasteiger partial charge in [-0.15, -0.1) is 0 Å². The van der Waals surface area contributed by atoms with Crippen LogP contribution in [-0.2, 0) is 0 Å². The number of ether oxygens (including phenoxy) is 2. The van der Waals surface area contributed by atoms with Gasteiger partial charge in [0, 0.05) is 5.56 Å². The Kier molecular flexibility index (Phi) is 4.62. The molecule has 0 fully saturated rings. The normalized spacial score (nSPS) is 10.9. The van der Waals surface area contributed by atoms with E-state index in [0.717, 1.165) is 16.3 Å². The van der Waals surface area contributed by atoms with Crippen LogP contribution in [0.4, 0.5) is 0 Å². The van der Waals surface area contributed by atoms with E-state index in [1.54, 1.807) is 38.5 Å². The third kappa shape index (κ3) is 3.15. The first-order valence-corrected chi connectivity index (χ1v) is 7.65. The predicted octanol–water partition coefficient (Wildman–Crippen LogP) is 4.75. The topological polar surface area (TPSA) is 35.5 Å². The molecule has 120 valence electrons. The van der Waals surface area contributed by atoms with Gasteiger partial charge in [0.05, 0.1) is 14.2 Å². The van der Waals surface area contributed by atoms with Crippen LogP contribution in [0.2, 0.25) is 0 Å². The highest BCUT2D eigenvalue weighted by molar-refractivity contribution is 6.08. The van der Waals surface area contributed by atoms with Gasteiger partial charge < -0.3 is 9.47 Å². The molecule has 3 aromatic carbocycles. The second-order valence-corrected chi connectivity index (χ2v) is 5.34. The number of hydrogen-bond acceptors (Lipinski definition) is 3. The summed E-state index contributed by atoms with van der Waals surface area (Å²) in [4.78, 5) is 12.4. The number of fused-ring (bicyclic) bond motifs is 1. The molecule has 0 heterocycles. The molecule has 0 aliphatic heterocycles. The minimum absolute atomic E-state index is 0.0797. The van der Waals surface area contributed by atoms with Crippen molar-refractivity contribution >= 4 is 22.6 Å². The van der Waals surface area contributed by atoms with E-state index in [1.165, 1.54) is 0 Å². The molecular formula is C21H18O3. The Bertz CT molecular complexity index is 905. The van der Waals surface area contributed by atoms with Crippen molar-refractivity contribution in [2.24, 2.45) is 0 Å². The fourth-order valence-electron chi connectivity index (χ4n) is 2.65. The van der Waals surface area contributed by atoms with E-state index in [0.29, 0.717) is 17.1 Å². The molecule has 0 unspecified atom stereocenters. The second kappa shape index (κ2) is 7.01. The SMILES string of the molecule is COc1ccc(C(=O)/C=C/c2cccc3ccccc23)cc1OC. The number of carbonyl (C=O) groups is 1. The van der Waals surface area contributed by atoms with Crippen LogP contribution in [0, 0.1) is 0 Å². The predicted molar refractivity (Wildman–Crippen MR) is 96.9 cm³/mol. The highest BCUT2D eigenvalue weighted by Gasteiger charge is 2.08. The number of carbonyl (C=O) groups excluding carboxylic acids is 1. The van der Waals surface area contributed by atoms with Gasteiger partial charge in [-0.1, -0.05) is 48.5 Å². The summed E-state index contributed by atoms with van der Waals surface area (Å²) in [6.45, 7) is 0. The molecule has 0 saturated heterocycles. The van der Waals surface area contributed by atoms with Crippen LogP contribution in [0.25, 0.3) is 16.8 Å². The van der Waals surface area contributed by atoms with E-state index in [2.05, 4.69) is 18.2 Å². The van der Waals surface area contributed by atoms with Crippen LogP contribution in [0.15, 0.2) is 66.7 Å². The quantitative estimate of drug-likeness (QED) is 0.503. The molecule has 0 atom stereocenters. The monoisotopic (exact) mass is 318 g/mol. The number of benzene rings is 3. The molecule has 3 heteroatoms. The third-order valence-electron chi connectivity index (χ3n) is 3.91. The second-order valence-electron chi connectivity index (χ2n) is 5.34. The average molecular weight is 318 g/mol. The van der Waals surface area contributed by atoms with Crippen molar-refractivity contribution in [2.75, 3.05) is 14.2 Å². The summed E-state index contributed by atoms with van der Waals surface area (Å²) in [6.07, 6.45) is 3.43. The van der Waals surface area contributed by atoms with Crippen LogP contribution in [0.5, 0.6) is 11.5 Å². The first kappa shape index (κ1) is 15.8. The van der Waals surface area contributed by atoms with Crippen LogP contribution in [0.1, 0.15) is 15.9 Å². The summed E-state index contributed by atoms with van der Waals surface area (Å²) < 4.78 is 10.4. The minimum Gasteiger partial charge on any atom is -0.493 e. The maximum atomic E-state index is 12.4. The fourth-order valence-corrected chi connectivity index (χ4v) is 2.65. The van der Waals surface area contributed by atoms with E-state index in [4.69, 9.17) is 9.47 Å². The Balaban J connectivity index is 1.90. The van der Waals surface area contributed by atoms with Crippen molar-refractivity contribution in [2.45, 2.75) is 0 Å². The number of ketones is 1. The molecule has 0 radical (unpaired) electrons. The summed E-state index contributed by atoms with van der Waals surface area (Å²) in [5.41, 5.74) is 1.58. The van der Waals surface area contributed by atoms with Gasteiger partial charge in [-0.2, -0.15) is 0 Å². The van der Waals surface area contributed by atoms with Gasteiger partial charge in [0.15, 0.2) is 17.3 Å². The Labute approximate surface area is 141 Å². The van der Waals surface area contributed by atoms with Crippen molar-refractivity contribution < 1.29 is 14.3 Å². The van der Waals surface area contributed by atoms with E-state index in [1.807, 2.05) is 30.3 Å².